The van der Waals surface area contributed by atoms with Crippen molar-refractivity contribution in [2.75, 3.05) is 13.2 Å². The molecule has 1 aliphatic rings. The van der Waals surface area contributed by atoms with Gasteiger partial charge in [-0.25, -0.2) is 4.79 Å². The second-order valence-electron chi connectivity index (χ2n) is 6.69. The van der Waals surface area contributed by atoms with E-state index in [1.54, 1.807) is 12.1 Å². The first-order chi connectivity index (χ1) is 12.5. The third-order valence-electron chi connectivity index (χ3n) is 4.75. The summed E-state index contributed by atoms with van der Waals surface area (Å²) in [5.41, 5.74) is 3.31. The molecule has 0 bridgehead atoms. The number of amides is 1. The van der Waals surface area contributed by atoms with E-state index in [9.17, 15) is 9.59 Å². The first-order valence-electron chi connectivity index (χ1n) is 8.79. The third kappa shape index (κ3) is 3.72. The molecule has 0 radical (unpaired) electrons. The Morgan fingerprint density at radius 2 is 1.81 bits per heavy atom. The number of carboxylic acid groups (broad SMARTS) is 1. The molecule has 0 saturated carbocycles. The van der Waals surface area contributed by atoms with E-state index in [0.717, 1.165) is 36.1 Å². The SMILES string of the molecule is Cc1cc(C(=O)N2CCCC2c2ccccc2)cc(C)c1OCC(=O)O. The van der Waals surface area contributed by atoms with Gasteiger partial charge < -0.3 is 14.7 Å². The van der Waals surface area contributed by atoms with Crippen LogP contribution in [0.4, 0.5) is 0 Å². The van der Waals surface area contributed by atoms with Crippen LogP contribution in [-0.2, 0) is 4.79 Å². The normalized spacial score (nSPS) is 16.5. The van der Waals surface area contributed by atoms with Gasteiger partial charge in [0.15, 0.2) is 6.61 Å². The lowest BCUT2D eigenvalue weighted by molar-refractivity contribution is -0.139. The van der Waals surface area contributed by atoms with E-state index in [1.165, 1.54) is 0 Å². The maximum Gasteiger partial charge on any atom is 0.341 e. The molecular formula is C21H23NO4. The first kappa shape index (κ1) is 18.0. The number of benzene rings is 2. The Hall–Kier alpha value is -2.82. The maximum atomic E-state index is 13.1. The number of rotatable bonds is 5. The van der Waals surface area contributed by atoms with Gasteiger partial charge in [0.25, 0.3) is 5.91 Å². The smallest absolute Gasteiger partial charge is 0.341 e. The van der Waals surface area contributed by atoms with Crippen LogP contribution < -0.4 is 4.74 Å². The van der Waals surface area contributed by atoms with Gasteiger partial charge in [0.05, 0.1) is 6.04 Å². The monoisotopic (exact) mass is 353 g/mol. The fraction of sp³-hybridized carbons (Fsp3) is 0.333. The molecule has 3 rings (SSSR count). The van der Waals surface area contributed by atoms with Crippen LogP contribution in [0.15, 0.2) is 42.5 Å². The Bertz CT molecular complexity index is 793. The largest absolute Gasteiger partial charge is 0.481 e. The predicted octanol–water partition coefficient (Wildman–Crippen LogP) is 3.74. The Morgan fingerprint density at radius 3 is 2.42 bits per heavy atom. The van der Waals surface area contributed by atoms with E-state index in [-0.39, 0.29) is 11.9 Å². The fourth-order valence-corrected chi connectivity index (χ4v) is 3.63. The highest BCUT2D eigenvalue weighted by Crippen LogP contribution is 2.34. The van der Waals surface area contributed by atoms with Crippen LogP contribution in [0, 0.1) is 13.8 Å². The minimum Gasteiger partial charge on any atom is -0.481 e. The van der Waals surface area contributed by atoms with Crippen molar-refractivity contribution >= 4 is 11.9 Å². The molecule has 1 amide bonds. The zero-order valence-electron chi connectivity index (χ0n) is 15.1. The van der Waals surface area contributed by atoms with Gasteiger partial charge >= 0.3 is 5.97 Å². The highest BCUT2D eigenvalue weighted by atomic mass is 16.5. The molecule has 26 heavy (non-hydrogen) atoms. The number of hydrogen-bond donors (Lipinski definition) is 1. The van der Waals surface area contributed by atoms with Crippen LogP contribution in [-0.4, -0.2) is 35.0 Å². The van der Waals surface area contributed by atoms with Crippen molar-refractivity contribution < 1.29 is 19.4 Å². The highest BCUT2D eigenvalue weighted by Gasteiger charge is 2.30. The zero-order valence-corrected chi connectivity index (χ0v) is 15.1. The van der Waals surface area contributed by atoms with Crippen LogP contribution in [0.5, 0.6) is 5.75 Å². The van der Waals surface area contributed by atoms with Gasteiger partial charge in [-0.2, -0.15) is 0 Å². The number of nitrogens with zero attached hydrogens (tertiary/aromatic N) is 1. The summed E-state index contributed by atoms with van der Waals surface area (Å²) in [6.45, 7) is 4.02. The van der Waals surface area contributed by atoms with Gasteiger partial charge in [-0.1, -0.05) is 30.3 Å². The van der Waals surface area contributed by atoms with Gasteiger partial charge in [-0.15, -0.1) is 0 Å². The molecule has 136 valence electrons. The molecule has 1 N–H and O–H groups in total. The van der Waals surface area contributed by atoms with Gasteiger partial charge in [0.1, 0.15) is 5.75 Å². The van der Waals surface area contributed by atoms with E-state index in [1.807, 2.05) is 36.9 Å². The summed E-state index contributed by atoms with van der Waals surface area (Å²) in [6, 6.07) is 13.8. The minimum atomic E-state index is -1.02. The van der Waals surface area contributed by atoms with E-state index in [2.05, 4.69) is 12.1 Å². The second kappa shape index (κ2) is 7.60. The van der Waals surface area contributed by atoms with Crippen molar-refractivity contribution in [3.05, 3.63) is 64.7 Å². The summed E-state index contributed by atoms with van der Waals surface area (Å²) in [7, 11) is 0. The number of carboxylic acids is 1. The maximum absolute atomic E-state index is 13.1. The highest BCUT2D eigenvalue weighted by molar-refractivity contribution is 5.95. The van der Waals surface area contributed by atoms with Crippen molar-refractivity contribution in [3.63, 3.8) is 0 Å². The van der Waals surface area contributed by atoms with Crippen LogP contribution >= 0.6 is 0 Å². The minimum absolute atomic E-state index is 0.00679. The summed E-state index contributed by atoms with van der Waals surface area (Å²) >= 11 is 0. The Balaban J connectivity index is 1.84. The van der Waals surface area contributed by atoms with Crippen molar-refractivity contribution in [2.24, 2.45) is 0 Å². The molecule has 0 spiro atoms. The molecule has 0 aliphatic carbocycles. The van der Waals surface area contributed by atoms with Crippen molar-refractivity contribution in [1.29, 1.82) is 0 Å². The Kier molecular flexibility index (Phi) is 5.26. The number of ether oxygens (including phenoxy) is 1. The summed E-state index contributed by atoms with van der Waals surface area (Å²) < 4.78 is 5.36. The van der Waals surface area contributed by atoms with Gasteiger partial charge in [0, 0.05) is 12.1 Å². The number of likely N-dealkylation sites (tertiary alicyclic amines) is 1. The summed E-state index contributed by atoms with van der Waals surface area (Å²) in [6.07, 6.45) is 1.95. The molecule has 1 fully saturated rings. The molecule has 0 aromatic heterocycles. The van der Waals surface area contributed by atoms with Crippen LogP contribution in [0.1, 0.15) is 45.9 Å². The van der Waals surface area contributed by atoms with E-state index < -0.39 is 12.6 Å². The lowest BCUT2D eigenvalue weighted by Crippen LogP contribution is -2.30. The number of aryl methyl sites for hydroxylation is 2. The van der Waals surface area contributed by atoms with E-state index in [0.29, 0.717) is 11.3 Å². The predicted molar refractivity (Wildman–Crippen MR) is 98.5 cm³/mol. The summed E-state index contributed by atoms with van der Waals surface area (Å²) in [5.74, 6) is -0.482. The van der Waals surface area contributed by atoms with Crippen LogP contribution in [0.25, 0.3) is 0 Å². The number of carbonyl (C=O) groups excluding carboxylic acids is 1. The Labute approximate surface area is 153 Å². The quantitative estimate of drug-likeness (QED) is 0.889. The molecule has 5 heteroatoms. The van der Waals surface area contributed by atoms with Gasteiger partial charge in [-0.3, -0.25) is 4.79 Å². The average molecular weight is 353 g/mol. The first-order valence-corrected chi connectivity index (χ1v) is 8.79. The molecule has 1 atom stereocenters. The molecular weight excluding hydrogens is 330 g/mol. The summed E-state index contributed by atoms with van der Waals surface area (Å²) in [4.78, 5) is 25.8. The summed E-state index contributed by atoms with van der Waals surface area (Å²) in [5, 5.41) is 8.79. The fourth-order valence-electron chi connectivity index (χ4n) is 3.63. The molecule has 2 aromatic rings. The van der Waals surface area contributed by atoms with Gasteiger partial charge in [-0.05, 0) is 55.5 Å². The second-order valence-corrected chi connectivity index (χ2v) is 6.69. The number of aliphatic carboxylic acids is 1. The lowest BCUT2D eigenvalue weighted by atomic mass is 10.0. The van der Waals surface area contributed by atoms with E-state index in [4.69, 9.17) is 9.84 Å². The Morgan fingerprint density at radius 1 is 1.15 bits per heavy atom. The topological polar surface area (TPSA) is 66.8 Å². The zero-order chi connectivity index (χ0) is 18.7. The lowest BCUT2D eigenvalue weighted by Gasteiger charge is -2.26. The number of carbonyl (C=O) groups is 2. The third-order valence-corrected chi connectivity index (χ3v) is 4.75. The molecule has 1 heterocycles. The molecule has 5 nitrogen and oxygen atoms in total. The standard InChI is InChI=1S/C21H23NO4/c1-14-11-17(12-15(2)20(14)26-13-19(23)24)21(25)22-10-6-9-18(22)16-7-4-3-5-8-16/h3-5,7-8,11-12,18H,6,9-10,13H2,1-2H3,(H,23,24). The molecule has 1 aliphatic heterocycles. The molecule has 1 unspecified atom stereocenters. The van der Waals surface area contributed by atoms with Crippen molar-refractivity contribution in [1.82, 2.24) is 4.90 Å². The molecule has 2 aromatic carbocycles. The van der Waals surface area contributed by atoms with Gasteiger partial charge in [0.2, 0.25) is 0 Å². The van der Waals surface area contributed by atoms with Crippen molar-refractivity contribution in [3.8, 4) is 5.75 Å². The average Bonchev–Trinajstić information content (AvgIpc) is 3.10. The van der Waals surface area contributed by atoms with E-state index >= 15 is 0 Å². The number of hydrogen-bond acceptors (Lipinski definition) is 3. The van der Waals surface area contributed by atoms with Crippen LogP contribution in [0.3, 0.4) is 0 Å². The molecule has 1 saturated heterocycles. The van der Waals surface area contributed by atoms with Crippen molar-refractivity contribution in [2.45, 2.75) is 32.7 Å². The van der Waals surface area contributed by atoms with Crippen LogP contribution in [0.2, 0.25) is 0 Å².